The number of rotatable bonds is 6. The van der Waals surface area contributed by atoms with Crippen LogP contribution < -0.4 is 0 Å². The van der Waals surface area contributed by atoms with Gasteiger partial charge in [-0.3, -0.25) is 0 Å². The van der Waals surface area contributed by atoms with E-state index in [1.54, 1.807) is 36.4 Å². The molecule has 2 aromatic rings. The van der Waals surface area contributed by atoms with E-state index in [0.717, 1.165) is 0 Å². The number of ether oxygens (including phenoxy) is 1. The number of hydrogen-bond acceptors (Lipinski definition) is 3. The third-order valence-electron chi connectivity index (χ3n) is 3.52. The Balaban J connectivity index is 2.40. The van der Waals surface area contributed by atoms with Crippen molar-refractivity contribution >= 4 is 0 Å². The predicted molar refractivity (Wildman–Crippen MR) is 79.9 cm³/mol. The van der Waals surface area contributed by atoms with Crippen molar-refractivity contribution < 1.29 is 23.1 Å². The summed E-state index contributed by atoms with van der Waals surface area (Å²) in [4.78, 5) is 0. The molecule has 2 atom stereocenters. The molecule has 0 heterocycles. The van der Waals surface area contributed by atoms with Gasteiger partial charge >= 0.3 is 6.18 Å². The lowest BCUT2D eigenvalue weighted by Gasteiger charge is -2.34. The van der Waals surface area contributed by atoms with E-state index >= 15 is 0 Å². The van der Waals surface area contributed by atoms with Gasteiger partial charge in [0, 0.05) is 7.11 Å². The predicted octanol–water partition coefficient (Wildman–Crippen LogP) is 4.37. The molecular weight excluding hydrogens is 307 g/mol. The van der Waals surface area contributed by atoms with Crippen molar-refractivity contribution in [2.24, 2.45) is 0 Å². The molecule has 0 aliphatic carbocycles. The van der Waals surface area contributed by atoms with Crippen LogP contribution in [0.4, 0.5) is 13.2 Å². The van der Waals surface area contributed by atoms with Crippen LogP contribution in [-0.4, -0.2) is 30.2 Å². The van der Waals surface area contributed by atoms with E-state index in [1.807, 2.05) is 0 Å². The fourth-order valence-corrected chi connectivity index (χ4v) is 2.47. The number of alkyl halides is 3. The van der Waals surface area contributed by atoms with Gasteiger partial charge < -0.3 is 9.94 Å². The summed E-state index contributed by atoms with van der Waals surface area (Å²) in [5.74, 6) is 0. The van der Waals surface area contributed by atoms with Gasteiger partial charge in [0.25, 0.3) is 0 Å². The molecule has 0 saturated heterocycles. The third kappa shape index (κ3) is 4.31. The molecule has 6 heteroatoms. The lowest BCUT2D eigenvalue weighted by Crippen LogP contribution is -2.40. The van der Waals surface area contributed by atoms with E-state index < -0.39 is 18.3 Å². The van der Waals surface area contributed by atoms with Crippen LogP contribution in [0.15, 0.2) is 60.7 Å². The molecule has 124 valence electrons. The first kappa shape index (κ1) is 17.5. The highest BCUT2D eigenvalue weighted by Gasteiger charge is 2.47. The summed E-state index contributed by atoms with van der Waals surface area (Å²) in [5, 5.41) is 10.7. The average Bonchev–Trinajstić information content (AvgIpc) is 2.53. The minimum Gasteiger partial charge on any atom is -0.383 e. The Kier molecular flexibility index (Phi) is 5.76. The molecule has 3 nitrogen and oxygen atoms in total. The van der Waals surface area contributed by atoms with E-state index in [9.17, 15) is 18.4 Å². The van der Waals surface area contributed by atoms with Crippen LogP contribution in [0.3, 0.4) is 0 Å². The van der Waals surface area contributed by atoms with Crippen LogP contribution in [0, 0.1) is 0 Å². The average molecular weight is 325 g/mol. The van der Waals surface area contributed by atoms with Crippen molar-refractivity contribution in [3.8, 4) is 0 Å². The summed E-state index contributed by atoms with van der Waals surface area (Å²) >= 11 is 0. The molecule has 0 amide bonds. The highest BCUT2D eigenvalue weighted by Crippen LogP contribution is 2.40. The zero-order valence-corrected chi connectivity index (χ0v) is 12.6. The van der Waals surface area contributed by atoms with Gasteiger partial charge in [-0.25, -0.2) is 0 Å². The highest BCUT2D eigenvalue weighted by molar-refractivity contribution is 5.23. The van der Waals surface area contributed by atoms with Gasteiger partial charge in [0.15, 0.2) is 6.04 Å². The maximum Gasteiger partial charge on any atom is 0.410 e. The van der Waals surface area contributed by atoms with Crippen molar-refractivity contribution in [2.75, 3.05) is 13.7 Å². The molecule has 0 unspecified atom stereocenters. The highest BCUT2D eigenvalue weighted by atomic mass is 19.4. The fraction of sp³-hybridized carbons (Fsp3) is 0.294. The zero-order valence-electron chi connectivity index (χ0n) is 12.6. The molecule has 2 aromatic carbocycles. The number of hydrogen-bond donors (Lipinski definition) is 1. The Hall–Kier alpha value is -1.89. The molecule has 0 aliphatic rings. The molecule has 0 aromatic heterocycles. The van der Waals surface area contributed by atoms with E-state index in [0.29, 0.717) is 10.6 Å². The fourth-order valence-electron chi connectivity index (χ4n) is 2.47. The van der Waals surface area contributed by atoms with Gasteiger partial charge in [-0.2, -0.15) is 18.2 Å². The number of nitrogens with zero attached hydrogens (tertiary/aromatic N) is 1. The summed E-state index contributed by atoms with van der Waals surface area (Å²) in [5.41, 5.74) is 0.515. The Bertz CT molecular complexity index is 590. The first-order valence-corrected chi connectivity index (χ1v) is 7.08. The van der Waals surface area contributed by atoms with E-state index in [2.05, 4.69) is 0 Å². The van der Waals surface area contributed by atoms with Crippen molar-refractivity contribution in [1.29, 1.82) is 0 Å². The Labute approximate surface area is 132 Å². The second-order valence-corrected chi connectivity index (χ2v) is 5.12. The lowest BCUT2D eigenvalue weighted by atomic mass is 10.0. The molecule has 0 radical (unpaired) electrons. The molecule has 1 N–H and O–H groups in total. The van der Waals surface area contributed by atoms with Crippen molar-refractivity contribution in [3.63, 3.8) is 0 Å². The molecule has 0 bridgehead atoms. The van der Waals surface area contributed by atoms with E-state index in [4.69, 9.17) is 4.74 Å². The number of halogens is 3. The molecular formula is C17H18F3NO2. The van der Waals surface area contributed by atoms with Gasteiger partial charge in [-0.05, 0) is 11.1 Å². The van der Waals surface area contributed by atoms with E-state index in [-0.39, 0.29) is 12.2 Å². The molecule has 0 aliphatic heterocycles. The summed E-state index contributed by atoms with van der Waals surface area (Å²) in [7, 11) is 1.38. The van der Waals surface area contributed by atoms with Gasteiger partial charge in [0.1, 0.15) is 0 Å². The maximum absolute atomic E-state index is 13.5. The first-order chi connectivity index (χ1) is 10.9. The second-order valence-electron chi connectivity index (χ2n) is 5.12. The first-order valence-electron chi connectivity index (χ1n) is 7.08. The van der Waals surface area contributed by atoms with Crippen LogP contribution in [-0.2, 0) is 4.74 Å². The Morgan fingerprint density at radius 2 is 1.43 bits per heavy atom. The van der Waals surface area contributed by atoms with Crippen LogP contribution in [0.2, 0.25) is 0 Å². The number of hydroxylamine groups is 2. The minimum atomic E-state index is -4.63. The SMILES string of the molecule is COC[C@@H](c1ccccc1)N(O)[C@@H](c1ccccc1)C(F)(F)F. The summed E-state index contributed by atoms with van der Waals surface area (Å²) in [6, 6.07) is 12.7. The second kappa shape index (κ2) is 7.59. The quantitative estimate of drug-likeness (QED) is 0.801. The summed E-state index contributed by atoms with van der Waals surface area (Å²) < 4.78 is 45.6. The number of methoxy groups -OCH3 is 1. The Morgan fingerprint density at radius 1 is 0.957 bits per heavy atom. The molecule has 0 spiro atoms. The zero-order chi connectivity index (χ0) is 16.9. The topological polar surface area (TPSA) is 32.7 Å². The molecule has 23 heavy (non-hydrogen) atoms. The van der Waals surface area contributed by atoms with Crippen molar-refractivity contribution in [2.45, 2.75) is 18.3 Å². The molecule has 2 rings (SSSR count). The monoisotopic (exact) mass is 325 g/mol. The van der Waals surface area contributed by atoms with Crippen LogP contribution >= 0.6 is 0 Å². The number of benzene rings is 2. The van der Waals surface area contributed by atoms with Crippen molar-refractivity contribution in [1.82, 2.24) is 5.06 Å². The molecule has 0 fully saturated rings. The lowest BCUT2D eigenvalue weighted by molar-refractivity contribution is -0.275. The minimum absolute atomic E-state index is 0.0282. The normalized spacial score (nSPS) is 14.7. The summed E-state index contributed by atoms with van der Waals surface area (Å²) in [6.45, 7) is -0.0695. The third-order valence-corrected chi connectivity index (χ3v) is 3.52. The smallest absolute Gasteiger partial charge is 0.383 e. The summed E-state index contributed by atoms with van der Waals surface area (Å²) in [6.07, 6.45) is -4.63. The van der Waals surface area contributed by atoms with E-state index in [1.165, 1.54) is 31.4 Å². The van der Waals surface area contributed by atoms with Gasteiger partial charge in [0.2, 0.25) is 0 Å². The van der Waals surface area contributed by atoms with Crippen LogP contribution in [0.1, 0.15) is 23.2 Å². The van der Waals surface area contributed by atoms with Crippen LogP contribution in [0.5, 0.6) is 0 Å². The van der Waals surface area contributed by atoms with Gasteiger partial charge in [0.05, 0.1) is 12.6 Å². The van der Waals surface area contributed by atoms with Gasteiger partial charge in [-0.1, -0.05) is 60.7 Å². The van der Waals surface area contributed by atoms with Gasteiger partial charge in [-0.15, -0.1) is 0 Å². The standard InChI is InChI=1S/C17H18F3NO2/c1-23-12-15(13-8-4-2-5-9-13)21(22)16(17(18,19)20)14-10-6-3-7-11-14/h2-11,15-16,22H,12H2,1H3/t15-,16-/m0/s1. The largest absolute Gasteiger partial charge is 0.410 e. The maximum atomic E-state index is 13.5. The Morgan fingerprint density at radius 3 is 1.87 bits per heavy atom. The van der Waals surface area contributed by atoms with Crippen molar-refractivity contribution in [3.05, 3.63) is 71.8 Å². The molecule has 0 saturated carbocycles. The van der Waals surface area contributed by atoms with Crippen LogP contribution in [0.25, 0.3) is 0 Å².